The standard InChI is InChI=1S/C14H20ClNO3S2/c1-10(20(2)17)5-7-16-13-6-8-21(18,19)14-4-3-11(15)9-12(13)14/h3-4,9-10,13,16H,5-8H2,1-2H3. The van der Waals surface area contributed by atoms with Gasteiger partial charge in [-0.1, -0.05) is 18.5 Å². The summed E-state index contributed by atoms with van der Waals surface area (Å²) in [5, 5.41) is 4.04. The second-order valence-corrected chi connectivity index (χ2v) is 9.71. The number of hydrogen-bond donors (Lipinski definition) is 1. The first-order valence-corrected chi connectivity index (χ1v) is 10.5. The monoisotopic (exact) mass is 349 g/mol. The highest BCUT2D eigenvalue weighted by atomic mass is 35.5. The molecule has 1 N–H and O–H groups in total. The van der Waals surface area contributed by atoms with Crippen LogP contribution < -0.4 is 5.32 Å². The van der Waals surface area contributed by atoms with Crippen molar-refractivity contribution >= 4 is 32.2 Å². The SMILES string of the molecule is CC(CCNC1CCS(=O)(=O)c2ccc(Cl)cc21)S(C)=O. The van der Waals surface area contributed by atoms with E-state index in [9.17, 15) is 12.6 Å². The van der Waals surface area contributed by atoms with E-state index in [1.807, 2.05) is 6.92 Å². The van der Waals surface area contributed by atoms with Gasteiger partial charge in [0.2, 0.25) is 0 Å². The highest BCUT2D eigenvalue weighted by Crippen LogP contribution is 2.33. The Balaban J connectivity index is 2.13. The van der Waals surface area contributed by atoms with E-state index in [0.717, 1.165) is 12.0 Å². The molecule has 1 aliphatic rings. The minimum atomic E-state index is -3.19. The van der Waals surface area contributed by atoms with Crippen molar-refractivity contribution in [2.24, 2.45) is 0 Å². The Morgan fingerprint density at radius 3 is 2.86 bits per heavy atom. The third kappa shape index (κ3) is 4.06. The molecule has 3 unspecified atom stereocenters. The zero-order chi connectivity index (χ0) is 15.6. The van der Waals surface area contributed by atoms with Gasteiger partial charge in [-0.15, -0.1) is 0 Å². The number of benzene rings is 1. The number of nitrogens with one attached hydrogen (secondary N) is 1. The van der Waals surface area contributed by atoms with Gasteiger partial charge in [0.25, 0.3) is 0 Å². The Morgan fingerprint density at radius 2 is 2.19 bits per heavy atom. The molecular weight excluding hydrogens is 330 g/mol. The van der Waals surface area contributed by atoms with Gasteiger partial charge >= 0.3 is 0 Å². The van der Waals surface area contributed by atoms with Crippen LogP contribution >= 0.6 is 11.6 Å². The van der Waals surface area contributed by atoms with Gasteiger partial charge in [-0.25, -0.2) is 8.42 Å². The van der Waals surface area contributed by atoms with Gasteiger partial charge in [0.15, 0.2) is 9.84 Å². The molecule has 0 saturated heterocycles. The molecule has 0 amide bonds. The molecule has 118 valence electrons. The summed E-state index contributed by atoms with van der Waals surface area (Å²) in [5.41, 5.74) is 0.749. The molecule has 0 aliphatic carbocycles. The summed E-state index contributed by atoms with van der Waals surface area (Å²) in [5.74, 6) is 0.147. The van der Waals surface area contributed by atoms with E-state index < -0.39 is 20.6 Å². The van der Waals surface area contributed by atoms with Crippen LogP contribution in [0.3, 0.4) is 0 Å². The van der Waals surface area contributed by atoms with Gasteiger partial charge in [0.05, 0.1) is 10.6 Å². The lowest BCUT2D eigenvalue weighted by molar-refractivity contribution is 0.485. The highest BCUT2D eigenvalue weighted by molar-refractivity contribution is 7.91. The van der Waals surface area contributed by atoms with Crippen LogP contribution in [0.5, 0.6) is 0 Å². The molecule has 2 rings (SSSR count). The van der Waals surface area contributed by atoms with E-state index >= 15 is 0 Å². The average molecular weight is 350 g/mol. The van der Waals surface area contributed by atoms with Crippen LogP contribution in [-0.2, 0) is 20.6 Å². The number of sulfone groups is 1. The van der Waals surface area contributed by atoms with Gasteiger partial charge in [-0.05, 0) is 43.1 Å². The molecule has 0 saturated carbocycles. The van der Waals surface area contributed by atoms with Gasteiger partial charge in [0.1, 0.15) is 0 Å². The topological polar surface area (TPSA) is 63.2 Å². The second kappa shape index (κ2) is 6.77. The molecule has 0 fully saturated rings. The maximum atomic E-state index is 12.1. The van der Waals surface area contributed by atoms with Crippen molar-refractivity contribution in [2.45, 2.75) is 36.0 Å². The molecular formula is C14H20ClNO3S2. The van der Waals surface area contributed by atoms with Crippen molar-refractivity contribution in [3.63, 3.8) is 0 Å². The minimum absolute atomic E-state index is 0.0142. The van der Waals surface area contributed by atoms with Gasteiger partial charge < -0.3 is 5.32 Å². The van der Waals surface area contributed by atoms with Crippen LogP contribution in [0.2, 0.25) is 5.02 Å². The lowest BCUT2D eigenvalue weighted by Crippen LogP contribution is -2.31. The Kier molecular flexibility index (Phi) is 5.46. The fourth-order valence-corrected chi connectivity index (χ4v) is 4.68. The van der Waals surface area contributed by atoms with Gasteiger partial charge in [-0.2, -0.15) is 0 Å². The number of halogens is 1. The summed E-state index contributed by atoms with van der Waals surface area (Å²) >= 11 is 6.00. The molecule has 0 spiro atoms. The largest absolute Gasteiger partial charge is 0.310 e. The molecule has 1 aromatic carbocycles. The molecule has 0 aromatic heterocycles. The van der Waals surface area contributed by atoms with E-state index in [4.69, 9.17) is 11.6 Å². The van der Waals surface area contributed by atoms with Crippen molar-refractivity contribution in [3.8, 4) is 0 Å². The average Bonchev–Trinajstić information content (AvgIpc) is 2.40. The smallest absolute Gasteiger partial charge is 0.178 e. The van der Waals surface area contributed by atoms with E-state index in [2.05, 4.69) is 5.32 Å². The van der Waals surface area contributed by atoms with Gasteiger partial charge in [0, 0.05) is 33.4 Å². The Hall–Kier alpha value is -0.430. The zero-order valence-corrected chi connectivity index (χ0v) is 14.5. The molecule has 1 aliphatic heterocycles. The van der Waals surface area contributed by atoms with Crippen LogP contribution in [0.15, 0.2) is 23.1 Å². The third-order valence-corrected chi connectivity index (χ3v) is 7.28. The lowest BCUT2D eigenvalue weighted by Gasteiger charge is -2.27. The van der Waals surface area contributed by atoms with E-state index in [-0.39, 0.29) is 17.0 Å². The summed E-state index contributed by atoms with van der Waals surface area (Å²) in [6.07, 6.45) is 3.04. The van der Waals surface area contributed by atoms with E-state index in [1.54, 1.807) is 24.5 Å². The molecule has 7 heteroatoms. The van der Waals surface area contributed by atoms with Crippen molar-refractivity contribution in [3.05, 3.63) is 28.8 Å². The predicted molar refractivity (Wildman–Crippen MR) is 87.0 cm³/mol. The fourth-order valence-electron chi connectivity index (χ4n) is 2.45. The molecule has 1 heterocycles. The molecule has 0 radical (unpaired) electrons. The van der Waals surface area contributed by atoms with Crippen molar-refractivity contribution in [1.29, 1.82) is 0 Å². The van der Waals surface area contributed by atoms with Crippen molar-refractivity contribution < 1.29 is 12.6 Å². The van der Waals surface area contributed by atoms with Crippen LogP contribution in [0.25, 0.3) is 0 Å². The number of hydrogen-bond acceptors (Lipinski definition) is 4. The summed E-state index contributed by atoms with van der Waals surface area (Å²) in [6, 6.07) is 4.92. The number of rotatable bonds is 5. The summed E-state index contributed by atoms with van der Waals surface area (Å²) in [6.45, 7) is 2.66. The fraction of sp³-hybridized carbons (Fsp3) is 0.571. The van der Waals surface area contributed by atoms with Crippen molar-refractivity contribution in [2.75, 3.05) is 18.6 Å². The minimum Gasteiger partial charge on any atom is -0.310 e. The van der Waals surface area contributed by atoms with Gasteiger partial charge in [-0.3, -0.25) is 4.21 Å². The lowest BCUT2D eigenvalue weighted by atomic mass is 10.0. The summed E-state index contributed by atoms with van der Waals surface area (Å²) < 4.78 is 35.5. The molecule has 3 atom stereocenters. The first-order chi connectivity index (χ1) is 9.81. The Morgan fingerprint density at radius 1 is 1.48 bits per heavy atom. The van der Waals surface area contributed by atoms with E-state index in [0.29, 0.717) is 22.9 Å². The number of fused-ring (bicyclic) bond motifs is 1. The first-order valence-electron chi connectivity index (χ1n) is 6.89. The predicted octanol–water partition coefficient (Wildman–Crippen LogP) is 2.31. The molecule has 4 nitrogen and oxygen atoms in total. The molecule has 1 aromatic rings. The third-order valence-electron chi connectivity index (χ3n) is 3.87. The second-order valence-electron chi connectivity index (χ2n) is 5.39. The summed E-state index contributed by atoms with van der Waals surface area (Å²) in [4.78, 5) is 0.378. The van der Waals surface area contributed by atoms with Crippen LogP contribution in [-0.4, -0.2) is 36.4 Å². The Labute approximate surface area is 133 Å². The Bertz CT molecular complexity index is 646. The van der Waals surface area contributed by atoms with Crippen molar-refractivity contribution in [1.82, 2.24) is 5.32 Å². The molecule has 21 heavy (non-hydrogen) atoms. The van der Waals surface area contributed by atoms with Crippen LogP contribution in [0.1, 0.15) is 31.4 Å². The van der Waals surface area contributed by atoms with E-state index in [1.165, 1.54) is 0 Å². The first kappa shape index (κ1) is 16.9. The quantitative estimate of drug-likeness (QED) is 0.886. The van der Waals surface area contributed by atoms with Crippen LogP contribution in [0.4, 0.5) is 0 Å². The molecule has 0 bridgehead atoms. The highest BCUT2D eigenvalue weighted by Gasteiger charge is 2.30. The maximum Gasteiger partial charge on any atom is 0.178 e. The maximum absolute atomic E-state index is 12.1. The summed E-state index contributed by atoms with van der Waals surface area (Å²) in [7, 11) is -4.03. The van der Waals surface area contributed by atoms with Crippen LogP contribution in [0, 0.1) is 0 Å². The zero-order valence-electron chi connectivity index (χ0n) is 12.1. The normalized spacial score (nSPS) is 23.3.